The van der Waals surface area contributed by atoms with E-state index in [1.165, 1.54) is 23.9 Å². The number of halogens is 1. The zero-order chi connectivity index (χ0) is 10.8. The molecule has 15 heavy (non-hydrogen) atoms. The maximum absolute atomic E-state index is 12.9. The second-order valence-corrected chi connectivity index (χ2v) is 4.45. The van der Waals surface area contributed by atoms with Crippen LogP contribution in [-0.4, -0.2) is 20.7 Å². The number of hydrogen-bond acceptors (Lipinski definition) is 3. The Morgan fingerprint density at radius 1 is 1.60 bits per heavy atom. The standard InChI is InChI=1S/C9H8FN3S2/c10-5-1-2-6-7(3-5)13-9(12-6)15-4-8(11)14/h1-3H,4H2,(H2,11,14)(H,12,13). The van der Waals surface area contributed by atoms with Crippen LogP contribution in [0.25, 0.3) is 11.0 Å². The van der Waals surface area contributed by atoms with Crippen LogP contribution in [0.15, 0.2) is 23.4 Å². The Hall–Kier alpha value is -1.14. The molecule has 0 spiro atoms. The quantitative estimate of drug-likeness (QED) is 0.638. The maximum atomic E-state index is 12.9. The lowest BCUT2D eigenvalue weighted by Gasteiger charge is -1.92. The first-order valence-electron chi connectivity index (χ1n) is 4.21. The zero-order valence-electron chi connectivity index (χ0n) is 7.66. The SMILES string of the molecule is NC(=S)CSc1nc2ccc(F)cc2[nH]1. The summed E-state index contributed by atoms with van der Waals surface area (Å²) in [5.74, 6) is 0.245. The molecule has 0 aliphatic carbocycles. The van der Waals surface area contributed by atoms with E-state index in [9.17, 15) is 4.39 Å². The van der Waals surface area contributed by atoms with Crippen LogP contribution >= 0.6 is 24.0 Å². The van der Waals surface area contributed by atoms with Gasteiger partial charge in [-0.2, -0.15) is 0 Å². The molecule has 1 aromatic heterocycles. The van der Waals surface area contributed by atoms with Gasteiger partial charge >= 0.3 is 0 Å². The van der Waals surface area contributed by atoms with Crippen molar-refractivity contribution in [1.29, 1.82) is 0 Å². The number of rotatable bonds is 3. The number of nitrogens with zero attached hydrogens (tertiary/aromatic N) is 1. The van der Waals surface area contributed by atoms with Crippen molar-refractivity contribution in [3.63, 3.8) is 0 Å². The van der Waals surface area contributed by atoms with Crippen LogP contribution in [-0.2, 0) is 0 Å². The number of H-pyrrole nitrogens is 1. The molecule has 0 amide bonds. The normalized spacial score (nSPS) is 10.7. The topological polar surface area (TPSA) is 54.7 Å². The number of hydrogen-bond donors (Lipinski definition) is 2. The molecule has 0 bridgehead atoms. The highest BCUT2D eigenvalue weighted by molar-refractivity contribution is 8.00. The molecule has 1 aromatic carbocycles. The van der Waals surface area contributed by atoms with Crippen LogP contribution < -0.4 is 5.73 Å². The van der Waals surface area contributed by atoms with Gasteiger partial charge in [-0.05, 0) is 18.2 Å². The molecular weight excluding hydrogens is 233 g/mol. The van der Waals surface area contributed by atoms with Gasteiger partial charge in [0.15, 0.2) is 5.16 Å². The fraction of sp³-hybridized carbons (Fsp3) is 0.111. The smallest absolute Gasteiger partial charge is 0.166 e. The van der Waals surface area contributed by atoms with E-state index < -0.39 is 0 Å². The molecule has 2 aromatic rings. The summed E-state index contributed by atoms with van der Waals surface area (Å²) < 4.78 is 12.9. The van der Waals surface area contributed by atoms with Crippen LogP contribution in [0, 0.1) is 5.82 Å². The van der Waals surface area contributed by atoms with Gasteiger partial charge in [-0.1, -0.05) is 24.0 Å². The van der Waals surface area contributed by atoms with Gasteiger partial charge in [-0.15, -0.1) is 0 Å². The average molecular weight is 241 g/mol. The Morgan fingerprint density at radius 2 is 2.40 bits per heavy atom. The van der Waals surface area contributed by atoms with Crippen molar-refractivity contribution >= 4 is 40.0 Å². The molecule has 0 unspecified atom stereocenters. The van der Waals surface area contributed by atoms with Gasteiger partial charge in [0.25, 0.3) is 0 Å². The molecule has 6 heteroatoms. The third-order valence-electron chi connectivity index (χ3n) is 1.77. The molecule has 0 saturated heterocycles. The van der Waals surface area contributed by atoms with Crippen molar-refractivity contribution in [3.05, 3.63) is 24.0 Å². The van der Waals surface area contributed by atoms with Gasteiger partial charge in [0.05, 0.1) is 21.8 Å². The lowest BCUT2D eigenvalue weighted by atomic mass is 10.3. The van der Waals surface area contributed by atoms with E-state index in [1.807, 2.05) is 0 Å². The number of thioether (sulfide) groups is 1. The number of imidazole rings is 1. The van der Waals surface area contributed by atoms with Crippen molar-refractivity contribution in [2.45, 2.75) is 5.16 Å². The molecule has 0 aliphatic rings. The number of thiocarbonyl (C=S) groups is 1. The molecule has 1 heterocycles. The number of benzene rings is 1. The molecule has 3 N–H and O–H groups in total. The summed E-state index contributed by atoms with van der Waals surface area (Å²) in [5.41, 5.74) is 6.79. The van der Waals surface area contributed by atoms with E-state index in [0.717, 1.165) is 5.52 Å². The fourth-order valence-electron chi connectivity index (χ4n) is 1.17. The van der Waals surface area contributed by atoms with Gasteiger partial charge < -0.3 is 10.7 Å². The summed E-state index contributed by atoms with van der Waals surface area (Å²) in [6, 6.07) is 4.42. The van der Waals surface area contributed by atoms with Gasteiger partial charge in [-0.3, -0.25) is 0 Å². The maximum Gasteiger partial charge on any atom is 0.166 e. The largest absolute Gasteiger partial charge is 0.393 e. The Bertz CT molecular complexity index is 509. The van der Waals surface area contributed by atoms with Crippen molar-refractivity contribution in [2.24, 2.45) is 5.73 Å². The highest BCUT2D eigenvalue weighted by atomic mass is 32.2. The molecule has 0 atom stereocenters. The second-order valence-electron chi connectivity index (χ2n) is 2.96. The van der Waals surface area contributed by atoms with E-state index in [4.69, 9.17) is 18.0 Å². The van der Waals surface area contributed by atoms with Gasteiger partial charge in [0.2, 0.25) is 0 Å². The number of fused-ring (bicyclic) bond motifs is 1. The van der Waals surface area contributed by atoms with E-state index in [-0.39, 0.29) is 5.82 Å². The van der Waals surface area contributed by atoms with Crippen molar-refractivity contribution in [1.82, 2.24) is 9.97 Å². The molecule has 3 nitrogen and oxygen atoms in total. The predicted octanol–water partition coefficient (Wildman–Crippen LogP) is 2.08. The van der Waals surface area contributed by atoms with E-state index in [1.54, 1.807) is 6.07 Å². The average Bonchev–Trinajstić information content (AvgIpc) is 2.56. The number of aromatic nitrogens is 2. The summed E-state index contributed by atoms with van der Waals surface area (Å²) in [7, 11) is 0. The highest BCUT2D eigenvalue weighted by Crippen LogP contribution is 2.19. The van der Waals surface area contributed by atoms with Crippen LogP contribution in [0.1, 0.15) is 0 Å². The molecule has 0 fully saturated rings. The minimum absolute atomic E-state index is 0.281. The first-order chi connectivity index (χ1) is 7.15. The Balaban J connectivity index is 2.27. The van der Waals surface area contributed by atoms with Crippen LogP contribution in [0.4, 0.5) is 4.39 Å². The zero-order valence-corrected chi connectivity index (χ0v) is 9.29. The first kappa shape index (κ1) is 10.4. The monoisotopic (exact) mass is 241 g/mol. The molecule has 78 valence electrons. The van der Waals surface area contributed by atoms with E-state index in [2.05, 4.69) is 9.97 Å². The van der Waals surface area contributed by atoms with Gasteiger partial charge in [-0.25, -0.2) is 9.37 Å². The van der Waals surface area contributed by atoms with E-state index >= 15 is 0 Å². The van der Waals surface area contributed by atoms with Crippen LogP contribution in [0.2, 0.25) is 0 Å². The Labute approximate surface area is 95.3 Å². The molecule has 2 rings (SSSR count). The first-order valence-corrected chi connectivity index (χ1v) is 5.61. The third-order valence-corrected chi connectivity index (χ3v) is 3.02. The van der Waals surface area contributed by atoms with E-state index in [0.29, 0.717) is 21.4 Å². The lowest BCUT2D eigenvalue weighted by Crippen LogP contribution is -2.10. The lowest BCUT2D eigenvalue weighted by molar-refractivity contribution is 0.629. The summed E-state index contributed by atoms with van der Waals surface area (Å²) in [5, 5.41) is 0.698. The fourth-order valence-corrected chi connectivity index (χ4v) is 1.97. The highest BCUT2D eigenvalue weighted by Gasteiger charge is 2.04. The van der Waals surface area contributed by atoms with Crippen molar-refractivity contribution < 1.29 is 4.39 Å². The number of nitrogens with two attached hydrogens (primary N) is 1. The van der Waals surface area contributed by atoms with Crippen LogP contribution in [0.3, 0.4) is 0 Å². The summed E-state index contributed by atoms with van der Waals surface area (Å²) >= 11 is 6.16. The van der Waals surface area contributed by atoms with Crippen molar-refractivity contribution in [2.75, 3.05) is 5.75 Å². The third kappa shape index (κ3) is 2.45. The molecule has 0 saturated carbocycles. The van der Waals surface area contributed by atoms with Crippen LogP contribution in [0.5, 0.6) is 0 Å². The minimum atomic E-state index is -0.281. The predicted molar refractivity (Wildman–Crippen MR) is 63.6 cm³/mol. The summed E-state index contributed by atoms with van der Waals surface area (Å²) in [6.07, 6.45) is 0. The van der Waals surface area contributed by atoms with Gasteiger partial charge in [0.1, 0.15) is 5.82 Å². The van der Waals surface area contributed by atoms with Gasteiger partial charge in [0, 0.05) is 0 Å². The molecule has 0 radical (unpaired) electrons. The van der Waals surface area contributed by atoms with Crippen molar-refractivity contribution in [3.8, 4) is 0 Å². The summed E-state index contributed by atoms with van der Waals surface area (Å²) in [4.78, 5) is 7.66. The number of nitrogens with one attached hydrogen (secondary N) is 1. The Morgan fingerprint density at radius 3 is 3.13 bits per heavy atom. The minimum Gasteiger partial charge on any atom is -0.393 e. The number of aromatic amines is 1. The molecular formula is C9H8FN3S2. The Kier molecular flexibility index (Phi) is 2.88. The summed E-state index contributed by atoms with van der Waals surface area (Å²) in [6.45, 7) is 0. The molecule has 0 aliphatic heterocycles. The second kappa shape index (κ2) is 4.16.